The summed E-state index contributed by atoms with van der Waals surface area (Å²) in [7, 11) is 0. The Morgan fingerprint density at radius 3 is 3.08 bits per heavy atom. The molecule has 128 valence electrons. The van der Waals surface area contributed by atoms with E-state index in [1.807, 2.05) is 0 Å². The molecule has 0 saturated carbocycles. The Hall–Kier alpha value is -1.43. The number of rotatable bonds is 4. The average molecular weight is 343 g/mol. The second-order valence-corrected chi connectivity index (χ2v) is 8.06. The lowest BCUT2D eigenvalue weighted by Crippen LogP contribution is -2.34. The topological polar surface area (TPSA) is 37.4 Å². The van der Waals surface area contributed by atoms with Gasteiger partial charge in [-0.05, 0) is 44.4 Å². The Morgan fingerprint density at radius 1 is 1.33 bits per heavy atom. The molecule has 2 saturated heterocycles. The number of thiazole rings is 1. The number of hydrogen-bond acceptors (Lipinski definition) is 5. The van der Waals surface area contributed by atoms with Crippen LogP contribution in [0.1, 0.15) is 30.5 Å². The first-order chi connectivity index (χ1) is 11.7. The third kappa shape index (κ3) is 3.48. The summed E-state index contributed by atoms with van der Waals surface area (Å²) in [4.78, 5) is 7.32. The van der Waals surface area contributed by atoms with E-state index in [4.69, 9.17) is 9.72 Å². The summed E-state index contributed by atoms with van der Waals surface area (Å²) in [6, 6.07) is 8.34. The lowest BCUT2D eigenvalue weighted by Gasteiger charge is -2.33. The molecule has 2 aliphatic heterocycles. The maximum Gasteiger partial charge on any atom is 0.187 e. The first-order valence-electron chi connectivity index (χ1n) is 8.80. The summed E-state index contributed by atoms with van der Waals surface area (Å²) in [5.41, 5.74) is 3.96. The van der Waals surface area contributed by atoms with Crippen molar-refractivity contribution in [2.75, 3.05) is 31.6 Å². The van der Waals surface area contributed by atoms with Gasteiger partial charge in [0.1, 0.15) is 0 Å². The van der Waals surface area contributed by atoms with E-state index in [1.54, 1.807) is 11.3 Å². The third-order valence-electron chi connectivity index (χ3n) is 5.25. The molecule has 4 rings (SSSR count). The Labute approximate surface area is 147 Å². The van der Waals surface area contributed by atoms with Crippen molar-refractivity contribution in [3.8, 4) is 0 Å². The van der Waals surface area contributed by atoms with Gasteiger partial charge in [0.15, 0.2) is 5.13 Å². The molecule has 1 aromatic carbocycles. The molecule has 1 unspecified atom stereocenters. The Morgan fingerprint density at radius 2 is 2.25 bits per heavy atom. The SMILES string of the molecule is Cc1ccccc1Nc1nc(CN2CCC3(CCCOC3)C2)cs1. The lowest BCUT2D eigenvalue weighted by molar-refractivity contribution is -0.00252. The predicted octanol–water partition coefficient (Wildman–Crippen LogP) is 4.20. The smallest absolute Gasteiger partial charge is 0.187 e. The summed E-state index contributed by atoms with van der Waals surface area (Å²) in [6.07, 6.45) is 3.81. The highest BCUT2D eigenvalue weighted by atomic mass is 32.1. The molecule has 0 radical (unpaired) electrons. The Kier molecular flexibility index (Phi) is 4.57. The van der Waals surface area contributed by atoms with E-state index in [0.717, 1.165) is 37.1 Å². The standard InChI is InChI=1S/C19H25N3OS/c1-15-5-2-3-6-17(15)21-18-20-16(12-24-18)11-22-9-8-19(13-22)7-4-10-23-14-19/h2-3,5-6,12H,4,7-11,13-14H2,1H3,(H,20,21). The summed E-state index contributed by atoms with van der Waals surface area (Å²) >= 11 is 1.69. The number of nitrogens with zero attached hydrogens (tertiary/aromatic N) is 2. The predicted molar refractivity (Wildman–Crippen MR) is 99.0 cm³/mol. The maximum absolute atomic E-state index is 5.74. The molecular weight excluding hydrogens is 318 g/mol. The van der Waals surface area contributed by atoms with Crippen LogP contribution in [0.4, 0.5) is 10.8 Å². The molecule has 0 aliphatic carbocycles. The molecule has 5 heteroatoms. The van der Waals surface area contributed by atoms with Gasteiger partial charge in [0.2, 0.25) is 0 Å². The zero-order valence-corrected chi connectivity index (χ0v) is 15.1. The number of hydrogen-bond donors (Lipinski definition) is 1. The molecule has 2 aromatic rings. The number of ether oxygens (including phenoxy) is 1. The van der Waals surface area contributed by atoms with E-state index >= 15 is 0 Å². The van der Waals surface area contributed by atoms with Crippen molar-refractivity contribution in [1.82, 2.24) is 9.88 Å². The molecule has 1 atom stereocenters. The molecule has 0 amide bonds. The molecule has 1 spiro atoms. The van der Waals surface area contributed by atoms with E-state index in [-0.39, 0.29) is 0 Å². The highest BCUT2D eigenvalue weighted by molar-refractivity contribution is 7.13. The number of aryl methyl sites for hydroxylation is 1. The highest BCUT2D eigenvalue weighted by Crippen LogP contribution is 2.38. The molecule has 0 bridgehead atoms. The first-order valence-corrected chi connectivity index (χ1v) is 9.68. The minimum absolute atomic E-state index is 0.413. The average Bonchev–Trinajstić information content (AvgIpc) is 3.18. The van der Waals surface area contributed by atoms with E-state index < -0.39 is 0 Å². The van der Waals surface area contributed by atoms with Crippen LogP contribution in [0.3, 0.4) is 0 Å². The van der Waals surface area contributed by atoms with Gasteiger partial charge in [0.05, 0.1) is 12.3 Å². The van der Waals surface area contributed by atoms with Crippen LogP contribution in [-0.2, 0) is 11.3 Å². The van der Waals surface area contributed by atoms with Crippen LogP contribution in [0.5, 0.6) is 0 Å². The quantitative estimate of drug-likeness (QED) is 0.903. The summed E-state index contributed by atoms with van der Waals surface area (Å²) in [5, 5.41) is 6.61. The molecule has 2 aliphatic rings. The van der Waals surface area contributed by atoms with Crippen molar-refractivity contribution in [3.63, 3.8) is 0 Å². The first kappa shape index (κ1) is 16.1. The van der Waals surface area contributed by atoms with Crippen LogP contribution in [-0.4, -0.2) is 36.2 Å². The van der Waals surface area contributed by atoms with Crippen LogP contribution in [0, 0.1) is 12.3 Å². The zero-order valence-electron chi connectivity index (χ0n) is 14.3. The number of anilines is 2. The fourth-order valence-corrected chi connectivity index (χ4v) is 4.60. The molecule has 4 nitrogen and oxygen atoms in total. The second-order valence-electron chi connectivity index (χ2n) is 7.20. The van der Waals surface area contributed by atoms with Crippen molar-refractivity contribution in [2.45, 2.75) is 32.7 Å². The van der Waals surface area contributed by atoms with Gasteiger partial charge in [-0.3, -0.25) is 4.90 Å². The van der Waals surface area contributed by atoms with E-state index in [9.17, 15) is 0 Å². The normalized spacial score (nSPS) is 24.5. The number of nitrogens with one attached hydrogen (secondary N) is 1. The fourth-order valence-electron chi connectivity index (χ4n) is 3.89. The van der Waals surface area contributed by atoms with Crippen LogP contribution in [0.15, 0.2) is 29.6 Å². The van der Waals surface area contributed by atoms with E-state index in [2.05, 4.69) is 46.8 Å². The van der Waals surface area contributed by atoms with Gasteiger partial charge in [0.25, 0.3) is 0 Å². The molecule has 3 heterocycles. The van der Waals surface area contributed by atoms with Crippen molar-refractivity contribution in [1.29, 1.82) is 0 Å². The Balaban J connectivity index is 1.37. The molecule has 1 N–H and O–H groups in total. The largest absolute Gasteiger partial charge is 0.381 e. The molecule has 24 heavy (non-hydrogen) atoms. The molecular formula is C19H25N3OS. The fraction of sp³-hybridized carbons (Fsp3) is 0.526. The monoisotopic (exact) mass is 343 g/mol. The summed E-state index contributed by atoms with van der Waals surface area (Å²) < 4.78 is 5.74. The van der Waals surface area contributed by atoms with E-state index in [1.165, 1.54) is 37.1 Å². The number of aromatic nitrogens is 1. The van der Waals surface area contributed by atoms with Crippen LogP contribution < -0.4 is 5.32 Å². The van der Waals surface area contributed by atoms with E-state index in [0.29, 0.717) is 5.41 Å². The van der Waals surface area contributed by atoms with Gasteiger partial charge in [-0.25, -0.2) is 4.98 Å². The van der Waals surface area contributed by atoms with Gasteiger partial charge < -0.3 is 10.1 Å². The van der Waals surface area contributed by atoms with Gasteiger partial charge in [-0.2, -0.15) is 0 Å². The number of likely N-dealkylation sites (tertiary alicyclic amines) is 1. The van der Waals surface area contributed by atoms with Gasteiger partial charge in [-0.1, -0.05) is 18.2 Å². The lowest BCUT2D eigenvalue weighted by atomic mass is 9.82. The van der Waals surface area contributed by atoms with Crippen molar-refractivity contribution in [3.05, 3.63) is 40.9 Å². The number of benzene rings is 1. The third-order valence-corrected chi connectivity index (χ3v) is 6.05. The molecule has 2 fully saturated rings. The van der Waals surface area contributed by atoms with Crippen molar-refractivity contribution >= 4 is 22.2 Å². The van der Waals surface area contributed by atoms with Gasteiger partial charge >= 0.3 is 0 Å². The van der Waals surface area contributed by atoms with Crippen molar-refractivity contribution < 1.29 is 4.74 Å². The van der Waals surface area contributed by atoms with Crippen molar-refractivity contribution in [2.24, 2.45) is 5.41 Å². The Bertz CT molecular complexity index is 693. The van der Waals surface area contributed by atoms with Crippen LogP contribution in [0.25, 0.3) is 0 Å². The second kappa shape index (κ2) is 6.82. The van der Waals surface area contributed by atoms with Gasteiger partial charge in [-0.15, -0.1) is 11.3 Å². The minimum atomic E-state index is 0.413. The van der Waals surface area contributed by atoms with Crippen LogP contribution in [0.2, 0.25) is 0 Å². The zero-order chi connectivity index (χ0) is 16.4. The summed E-state index contributed by atoms with van der Waals surface area (Å²) in [6.45, 7) is 7.29. The number of para-hydroxylation sites is 1. The van der Waals surface area contributed by atoms with Gasteiger partial charge in [0, 0.05) is 36.2 Å². The van der Waals surface area contributed by atoms with Crippen LogP contribution >= 0.6 is 11.3 Å². The minimum Gasteiger partial charge on any atom is -0.381 e. The maximum atomic E-state index is 5.74. The summed E-state index contributed by atoms with van der Waals surface area (Å²) in [5.74, 6) is 0. The molecule has 1 aromatic heterocycles. The highest BCUT2D eigenvalue weighted by Gasteiger charge is 2.39.